The van der Waals surface area contributed by atoms with Crippen LogP contribution in [0.15, 0.2) is 49.1 Å². The molecule has 1 atom stereocenters. The van der Waals surface area contributed by atoms with E-state index < -0.39 is 0 Å². The second-order valence-electron chi connectivity index (χ2n) is 5.77. The molecule has 0 radical (unpaired) electrons. The summed E-state index contributed by atoms with van der Waals surface area (Å²) in [6, 6.07) is 11.1. The minimum atomic E-state index is -0.313. The first kappa shape index (κ1) is 17.1. The molecule has 1 aromatic heterocycles. The van der Waals surface area contributed by atoms with Gasteiger partial charge >= 0.3 is 0 Å². The summed E-state index contributed by atoms with van der Waals surface area (Å²) >= 11 is 12.4. The van der Waals surface area contributed by atoms with E-state index in [4.69, 9.17) is 37.4 Å². The van der Waals surface area contributed by atoms with Crippen molar-refractivity contribution in [1.29, 1.82) is 0 Å². The number of nitrogens with zero attached hydrogens (tertiary/aromatic N) is 3. The van der Waals surface area contributed by atoms with E-state index in [-0.39, 0.29) is 12.9 Å². The quantitative estimate of drug-likeness (QED) is 0.627. The van der Waals surface area contributed by atoms with Gasteiger partial charge in [0.1, 0.15) is 18.8 Å². The Labute approximate surface area is 160 Å². The summed E-state index contributed by atoms with van der Waals surface area (Å²) in [7, 11) is 0. The van der Waals surface area contributed by atoms with Crippen molar-refractivity contribution in [2.45, 2.75) is 19.3 Å². The lowest BCUT2D eigenvalue weighted by molar-refractivity contribution is 0.0256. The van der Waals surface area contributed by atoms with Gasteiger partial charge in [-0.25, -0.2) is 4.98 Å². The monoisotopic (exact) mass is 391 g/mol. The number of hydrogen-bond donors (Lipinski definition) is 0. The summed E-state index contributed by atoms with van der Waals surface area (Å²) in [4.78, 5) is 3.97. The molecule has 0 saturated heterocycles. The van der Waals surface area contributed by atoms with Gasteiger partial charge < -0.3 is 14.2 Å². The summed E-state index contributed by atoms with van der Waals surface area (Å²) in [6.07, 6.45) is 2.81. The molecule has 6 nitrogen and oxygen atoms in total. The molecular weight excluding hydrogens is 377 g/mol. The molecular formula is C18H15Cl2N3O3. The smallest absolute Gasteiger partial charge is 0.231 e. The van der Waals surface area contributed by atoms with Gasteiger partial charge in [-0.3, -0.25) is 4.68 Å². The molecule has 0 amide bonds. The molecule has 0 N–H and O–H groups in total. The molecule has 0 aliphatic carbocycles. The normalized spacial score (nSPS) is 13.8. The Morgan fingerprint density at radius 3 is 2.81 bits per heavy atom. The minimum Gasteiger partial charge on any atom is -0.454 e. The fraction of sp³-hybridized carbons (Fsp3) is 0.222. The first-order valence-electron chi connectivity index (χ1n) is 7.96. The third kappa shape index (κ3) is 3.77. The van der Waals surface area contributed by atoms with Crippen molar-refractivity contribution in [1.82, 2.24) is 14.8 Å². The SMILES string of the molecule is Clc1ccc(C(Cn2cncn2)OCc2ccc3c(c2)OCO3)c(Cl)c1. The second kappa shape index (κ2) is 7.53. The summed E-state index contributed by atoms with van der Waals surface area (Å²) in [5.41, 5.74) is 1.82. The average molecular weight is 392 g/mol. The van der Waals surface area contributed by atoms with Gasteiger partial charge in [-0.1, -0.05) is 35.3 Å². The Morgan fingerprint density at radius 2 is 2.00 bits per heavy atom. The lowest BCUT2D eigenvalue weighted by atomic mass is 10.1. The van der Waals surface area contributed by atoms with Gasteiger partial charge in [0.15, 0.2) is 11.5 Å². The summed E-state index contributed by atoms with van der Waals surface area (Å²) in [5, 5.41) is 5.28. The van der Waals surface area contributed by atoms with Crippen LogP contribution in [0.4, 0.5) is 0 Å². The van der Waals surface area contributed by atoms with E-state index in [1.807, 2.05) is 24.3 Å². The van der Waals surface area contributed by atoms with Gasteiger partial charge in [0.2, 0.25) is 6.79 Å². The Kier molecular flexibility index (Phi) is 4.97. The van der Waals surface area contributed by atoms with Gasteiger partial charge in [0, 0.05) is 15.6 Å². The number of halogens is 2. The first-order chi connectivity index (χ1) is 12.7. The molecule has 2 heterocycles. The number of ether oxygens (including phenoxy) is 3. The topological polar surface area (TPSA) is 58.4 Å². The van der Waals surface area contributed by atoms with Gasteiger partial charge in [0.05, 0.1) is 13.2 Å². The molecule has 1 aliphatic rings. The predicted octanol–water partition coefficient (Wildman–Crippen LogP) is 4.27. The Balaban J connectivity index is 1.54. The highest BCUT2D eigenvalue weighted by Gasteiger charge is 2.19. The summed E-state index contributed by atoms with van der Waals surface area (Å²) in [6.45, 7) is 1.11. The lowest BCUT2D eigenvalue weighted by Crippen LogP contribution is -2.14. The van der Waals surface area contributed by atoms with Crippen LogP contribution < -0.4 is 9.47 Å². The van der Waals surface area contributed by atoms with Crippen LogP contribution in [0, 0.1) is 0 Å². The minimum absolute atomic E-state index is 0.245. The largest absolute Gasteiger partial charge is 0.454 e. The van der Waals surface area contributed by atoms with Gasteiger partial charge in [-0.15, -0.1) is 0 Å². The van der Waals surface area contributed by atoms with Crippen molar-refractivity contribution in [3.8, 4) is 11.5 Å². The molecule has 0 saturated carbocycles. The van der Waals surface area contributed by atoms with E-state index >= 15 is 0 Å². The Morgan fingerprint density at radius 1 is 1.12 bits per heavy atom. The Bertz CT molecular complexity index is 903. The molecule has 1 aliphatic heterocycles. The fourth-order valence-corrected chi connectivity index (χ4v) is 3.26. The first-order valence-corrected chi connectivity index (χ1v) is 8.72. The zero-order valence-electron chi connectivity index (χ0n) is 13.6. The number of fused-ring (bicyclic) bond motifs is 1. The van der Waals surface area contributed by atoms with Crippen LogP contribution in [-0.2, 0) is 17.9 Å². The maximum atomic E-state index is 6.38. The van der Waals surface area contributed by atoms with Crippen molar-refractivity contribution < 1.29 is 14.2 Å². The van der Waals surface area contributed by atoms with Crippen molar-refractivity contribution in [3.05, 3.63) is 70.2 Å². The van der Waals surface area contributed by atoms with E-state index in [0.29, 0.717) is 23.2 Å². The van der Waals surface area contributed by atoms with Crippen molar-refractivity contribution >= 4 is 23.2 Å². The van der Waals surface area contributed by atoms with Crippen molar-refractivity contribution in [2.75, 3.05) is 6.79 Å². The van der Waals surface area contributed by atoms with E-state index in [2.05, 4.69) is 10.1 Å². The average Bonchev–Trinajstić information content (AvgIpc) is 3.30. The second-order valence-corrected chi connectivity index (χ2v) is 6.61. The third-order valence-corrected chi connectivity index (χ3v) is 4.58. The van der Waals surface area contributed by atoms with Gasteiger partial charge in [-0.05, 0) is 29.8 Å². The zero-order valence-corrected chi connectivity index (χ0v) is 15.2. The molecule has 8 heteroatoms. The highest BCUT2D eigenvalue weighted by Crippen LogP contribution is 2.34. The van der Waals surface area contributed by atoms with E-state index in [0.717, 1.165) is 22.6 Å². The van der Waals surface area contributed by atoms with E-state index in [9.17, 15) is 0 Å². The van der Waals surface area contributed by atoms with Crippen LogP contribution in [0.25, 0.3) is 0 Å². The van der Waals surface area contributed by atoms with Crippen molar-refractivity contribution in [2.24, 2.45) is 0 Å². The van der Waals surface area contributed by atoms with Gasteiger partial charge in [0.25, 0.3) is 0 Å². The van der Waals surface area contributed by atoms with Crippen molar-refractivity contribution in [3.63, 3.8) is 0 Å². The molecule has 134 valence electrons. The maximum Gasteiger partial charge on any atom is 0.231 e. The number of benzene rings is 2. The highest BCUT2D eigenvalue weighted by atomic mass is 35.5. The molecule has 0 fully saturated rings. The number of rotatable bonds is 6. The third-order valence-electron chi connectivity index (χ3n) is 4.02. The molecule has 2 aromatic carbocycles. The molecule has 0 spiro atoms. The van der Waals surface area contributed by atoms with Crippen LogP contribution in [0.3, 0.4) is 0 Å². The fourth-order valence-electron chi connectivity index (χ4n) is 2.73. The number of hydrogen-bond acceptors (Lipinski definition) is 5. The van der Waals surface area contributed by atoms with Crippen LogP contribution in [-0.4, -0.2) is 21.6 Å². The summed E-state index contributed by atoms with van der Waals surface area (Å²) in [5.74, 6) is 1.47. The molecule has 1 unspecified atom stereocenters. The molecule has 0 bridgehead atoms. The van der Waals surface area contributed by atoms with Crippen LogP contribution in [0.5, 0.6) is 11.5 Å². The standard InChI is InChI=1S/C18H15Cl2N3O3/c19-13-2-3-14(15(20)6-13)18(7-23-10-21-9-22-23)24-8-12-1-4-16-17(5-12)26-11-25-16/h1-6,9-10,18H,7-8,11H2. The van der Waals surface area contributed by atoms with Gasteiger partial charge in [-0.2, -0.15) is 5.10 Å². The highest BCUT2D eigenvalue weighted by molar-refractivity contribution is 6.35. The lowest BCUT2D eigenvalue weighted by Gasteiger charge is -2.20. The summed E-state index contributed by atoms with van der Waals surface area (Å²) < 4.78 is 18.6. The molecule has 26 heavy (non-hydrogen) atoms. The van der Waals surface area contributed by atoms with Crippen LogP contribution in [0.2, 0.25) is 10.0 Å². The van der Waals surface area contributed by atoms with E-state index in [1.54, 1.807) is 23.1 Å². The van der Waals surface area contributed by atoms with Crippen LogP contribution in [0.1, 0.15) is 17.2 Å². The predicted molar refractivity (Wildman–Crippen MR) is 96.6 cm³/mol. The zero-order chi connectivity index (χ0) is 17.9. The number of aromatic nitrogens is 3. The van der Waals surface area contributed by atoms with Crippen LogP contribution >= 0.6 is 23.2 Å². The maximum absolute atomic E-state index is 6.38. The molecule has 4 rings (SSSR count). The molecule has 3 aromatic rings. The van der Waals surface area contributed by atoms with E-state index in [1.165, 1.54) is 6.33 Å². The Hall–Kier alpha value is -2.28.